The van der Waals surface area contributed by atoms with E-state index < -0.39 is 12.1 Å². The smallest absolute Gasteiger partial charge is 0.319 e. The second-order valence-corrected chi connectivity index (χ2v) is 7.89. The van der Waals surface area contributed by atoms with Crippen molar-refractivity contribution in [1.29, 1.82) is 0 Å². The van der Waals surface area contributed by atoms with Crippen LogP contribution in [0.1, 0.15) is 18.7 Å². The van der Waals surface area contributed by atoms with Crippen LogP contribution in [0.2, 0.25) is 4.34 Å². The first-order valence-corrected chi connectivity index (χ1v) is 9.18. The molecule has 0 fully saturated rings. The van der Waals surface area contributed by atoms with E-state index in [9.17, 15) is 9.59 Å². The highest BCUT2D eigenvalue weighted by molar-refractivity contribution is 7.16. The topological polar surface area (TPSA) is 61.4 Å². The third kappa shape index (κ3) is 5.76. The number of nitrogens with one attached hydrogen (secondary N) is 2. The van der Waals surface area contributed by atoms with Crippen molar-refractivity contribution in [2.24, 2.45) is 5.92 Å². The Labute approximate surface area is 157 Å². The Morgan fingerprint density at radius 2 is 1.84 bits per heavy atom. The maximum absolute atomic E-state index is 12.7. The molecule has 1 atom stereocenters. The second-order valence-electron chi connectivity index (χ2n) is 6.09. The van der Waals surface area contributed by atoms with Crippen molar-refractivity contribution in [3.63, 3.8) is 0 Å². The number of benzene rings is 1. The van der Waals surface area contributed by atoms with E-state index in [1.54, 1.807) is 24.1 Å². The monoisotopic (exact) mass is 379 g/mol. The average molecular weight is 380 g/mol. The standard InChI is InChI=1S/C18H22ClN3O2S/c1-12(2)16(21-18(24)20-13-7-5-4-6-8-13)17(23)22(3)11-14-9-10-15(19)25-14/h4-10,12,16H,11H2,1-3H3,(H2,20,21,24). The molecule has 0 aliphatic heterocycles. The van der Waals surface area contributed by atoms with Gasteiger partial charge in [0.2, 0.25) is 5.91 Å². The molecule has 1 heterocycles. The summed E-state index contributed by atoms with van der Waals surface area (Å²) in [6, 6.07) is 11.8. The lowest BCUT2D eigenvalue weighted by molar-refractivity contribution is -0.133. The zero-order valence-electron chi connectivity index (χ0n) is 14.5. The number of anilines is 1. The highest BCUT2D eigenvalue weighted by Crippen LogP contribution is 2.22. The molecule has 5 nitrogen and oxygen atoms in total. The van der Waals surface area contributed by atoms with Gasteiger partial charge in [0.25, 0.3) is 0 Å². The Kier molecular flexibility index (Phi) is 6.84. The molecule has 134 valence electrons. The summed E-state index contributed by atoms with van der Waals surface area (Å²) in [5, 5.41) is 5.51. The van der Waals surface area contributed by atoms with E-state index in [0.717, 1.165) is 4.88 Å². The summed E-state index contributed by atoms with van der Waals surface area (Å²) in [6.45, 7) is 4.27. The van der Waals surface area contributed by atoms with Gasteiger partial charge in [-0.15, -0.1) is 11.3 Å². The minimum Gasteiger partial charge on any atom is -0.339 e. The predicted molar refractivity (Wildman–Crippen MR) is 103 cm³/mol. The molecule has 0 spiro atoms. The number of nitrogens with zero attached hydrogens (tertiary/aromatic N) is 1. The fourth-order valence-corrected chi connectivity index (χ4v) is 3.47. The second kappa shape index (κ2) is 8.87. The molecular formula is C18H22ClN3O2S. The largest absolute Gasteiger partial charge is 0.339 e. The number of likely N-dealkylation sites (N-methyl/N-ethyl adjacent to an activating group) is 1. The molecule has 25 heavy (non-hydrogen) atoms. The first-order chi connectivity index (χ1) is 11.9. The van der Waals surface area contributed by atoms with Crippen molar-refractivity contribution in [2.45, 2.75) is 26.4 Å². The van der Waals surface area contributed by atoms with Crippen molar-refractivity contribution >= 4 is 40.6 Å². The maximum Gasteiger partial charge on any atom is 0.319 e. The first-order valence-electron chi connectivity index (χ1n) is 7.98. The van der Waals surface area contributed by atoms with E-state index in [-0.39, 0.29) is 11.8 Å². The van der Waals surface area contributed by atoms with Gasteiger partial charge in [-0.2, -0.15) is 0 Å². The van der Waals surface area contributed by atoms with Gasteiger partial charge in [0, 0.05) is 17.6 Å². The Bertz CT molecular complexity index is 718. The van der Waals surface area contributed by atoms with Gasteiger partial charge in [0.05, 0.1) is 10.9 Å². The zero-order chi connectivity index (χ0) is 18.4. The molecule has 1 aromatic heterocycles. The van der Waals surface area contributed by atoms with Gasteiger partial charge in [-0.25, -0.2) is 4.79 Å². The molecule has 7 heteroatoms. The summed E-state index contributed by atoms with van der Waals surface area (Å²) < 4.78 is 0.691. The summed E-state index contributed by atoms with van der Waals surface area (Å²) in [6.07, 6.45) is 0. The molecule has 0 aliphatic carbocycles. The molecule has 2 aromatic rings. The Hall–Kier alpha value is -2.05. The van der Waals surface area contributed by atoms with Gasteiger partial charge in [-0.1, -0.05) is 43.6 Å². The minimum absolute atomic E-state index is 0.0385. The van der Waals surface area contributed by atoms with E-state index in [2.05, 4.69) is 10.6 Å². The molecule has 0 bridgehead atoms. The summed E-state index contributed by atoms with van der Waals surface area (Å²) >= 11 is 7.37. The van der Waals surface area contributed by atoms with Crippen LogP contribution >= 0.6 is 22.9 Å². The lowest BCUT2D eigenvalue weighted by Gasteiger charge is -2.27. The van der Waals surface area contributed by atoms with Crippen LogP contribution in [-0.4, -0.2) is 29.9 Å². The summed E-state index contributed by atoms with van der Waals surface area (Å²) in [5.74, 6) is -0.175. The van der Waals surface area contributed by atoms with Crippen molar-refractivity contribution < 1.29 is 9.59 Å². The van der Waals surface area contributed by atoms with E-state index in [1.165, 1.54) is 11.3 Å². The number of carbonyl (C=O) groups excluding carboxylic acids is 2. The van der Waals surface area contributed by atoms with Crippen molar-refractivity contribution in [1.82, 2.24) is 10.2 Å². The summed E-state index contributed by atoms with van der Waals surface area (Å²) in [4.78, 5) is 27.6. The number of rotatable bonds is 6. The first kappa shape index (κ1) is 19.3. The predicted octanol–water partition coefficient (Wildman–Crippen LogP) is 4.21. The molecule has 3 amide bonds. The third-order valence-electron chi connectivity index (χ3n) is 3.65. The van der Waals surface area contributed by atoms with Gasteiger partial charge in [0.1, 0.15) is 6.04 Å². The lowest BCUT2D eigenvalue weighted by Crippen LogP contribution is -2.51. The van der Waals surface area contributed by atoms with Crippen LogP contribution in [0.15, 0.2) is 42.5 Å². The minimum atomic E-state index is -0.607. The molecular weight excluding hydrogens is 358 g/mol. The molecule has 0 saturated carbocycles. The molecule has 2 N–H and O–H groups in total. The van der Waals surface area contributed by atoms with Crippen LogP contribution in [0.5, 0.6) is 0 Å². The van der Waals surface area contributed by atoms with Crippen LogP contribution in [0.25, 0.3) is 0 Å². The fourth-order valence-electron chi connectivity index (χ4n) is 2.33. The molecule has 1 aromatic carbocycles. The third-order valence-corrected chi connectivity index (χ3v) is 4.86. The van der Waals surface area contributed by atoms with Crippen LogP contribution in [0.4, 0.5) is 10.5 Å². The highest BCUT2D eigenvalue weighted by atomic mass is 35.5. The van der Waals surface area contributed by atoms with E-state index in [4.69, 9.17) is 11.6 Å². The number of para-hydroxylation sites is 1. The van der Waals surface area contributed by atoms with Crippen LogP contribution in [0.3, 0.4) is 0 Å². The molecule has 0 aliphatic rings. The molecule has 2 rings (SSSR count). The Balaban J connectivity index is 1.98. The number of hydrogen-bond donors (Lipinski definition) is 2. The van der Waals surface area contributed by atoms with Gasteiger partial charge in [-0.05, 0) is 30.2 Å². The SMILES string of the molecule is CC(C)C(NC(=O)Nc1ccccc1)C(=O)N(C)Cc1ccc(Cl)s1. The van der Waals surface area contributed by atoms with Gasteiger partial charge in [0.15, 0.2) is 0 Å². The van der Waals surface area contributed by atoms with Crippen LogP contribution < -0.4 is 10.6 Å². The fraction of sp³-hybridized carbons (Fsp3) is 0.333. The number of hydrogen-bond acceptors (Lipinski definition) is 3. The maximum atomic E-state index is 12.7. The summed E-state index contributed by atoms with van der Waals surface area (Å²) in [7, 11) is 1.72. The molecule has 1 unspecified atom stereocenters. The number of halogens is 1. The number of amides is 3. The van der Waals surface area contributed by atoms with Crippen molar-refractivity contribution in [2.75, 3.05) is 12.4 Å². The molecule has 0 radical (unpaired) electrons. The van der Waals surface area contributed by atoms with E-state index in [1.807, 2.05) is 44.2 Å². The Morgan fingerprint density at radius 1 is 1.16 bits per heavy atom. The normalized spacial score (nSPS) is 11.9. The van der Waals surface area contributed by atoms with Gasteiger partial charge >= 0.3 is 6.03 Å². The molecule has 0 saturated heterocycles. The van der Waals surface area contributed by atoms with Gasteiger partial charge in [-0.3, -0.25) is 4.79 Å². The quantitative estimate of drug-likeness (QED) is 0.789. The highest BCUT2D eigenvalue weighted by Gasteiger charge is 2.27. The Morgan fingerprint density at radius 3 is 2.40 bits per heavy atom. The summed E-state index contributed by atoms with van der Waals surface area (Å²) in [5.41, 5.74) is 0.677. The number of urea groups is 1. The van der Waals surface area contributed by atoms with Gasteiger partial charge < -0.3 is 15.5 Å². The van der Waals surface area contributed by atoms with Crippen molar-refractivity contribution in [3.8, 4) is 0 Å². The van der Waals surface area contributed by atoms with Crippen LogP contribution in [-0.2, 0) is 11.3 Å². The van der Waals surface area contributed by atoms with Crippen LogP contribution in [0, 0.1) is 5.92 Å². The lowest BCUT2D eigenvalue weighted by atomic mass is 10.0. The van der Waals surface area contributed by atoms with E-state index in [0.29, 0.717) is 16.6 Å². The number of carbonyl (C=O) groups is 2. The number of thiophene rings is 1. The average Bonchev–Trinajstić information content (AvgIpc) is 2.97. The van der Waals surface area contributed by atoms with Crippen molar-refractivity contribution in [3.05, 3.63) is 51.7 Å². The van der Waals surface area contributed by atoms with E-state index >= 15 is 0 Å². The zero-order valence-corrected chi connectivity index (χ0v) is 16.0.